The highest BCUT2D eigenvalue weighted by atomic mass is 32.1. The third-order valence-corrected chi connectivity index (χ3v) is 4.62. The van der Waals surface area contributed by atoms with E-state index < -0.39 is 0 Å². The highest BCUT2D eigenvalue weighted by Crippen LogP contribution is 2.30. The number of aliphatic hydroxyl groups is 1. The second-order valence-electron chi connectivity index (χ2n) is 6.53. The van der Waals surface area contributed by atoms with Gasteiger partial charge in [-0.15, -0.1) is 11.3 Å². The molecule has 106 valence electrons. The molecule has 1 amide bonds. The number of amides is 1. The molecular formula is C15H23NO2S. The Morgan fingerprint density at radius 1 is 1.47 bits per heavy atom. The normalized spacial score (nSPS) is 16.2. The average molecular weight is 281 g/mol. The molecule has 19 heavy (non-hydrogen) atoms. The Bertz CT molecular complexity index is 438. The first-order valence-electron chi connectivity index (χ1n) is 6.92. The van der Waals surface area contributed by atoms with Gasteiger partial charge in [-0.05, 0) is 42.7 Å². The topological polar surface area (TPSA) is 49.3 Å². The van der Waals surface area contributed by atoms with Crippen molar-refractivity contribution in [3.05, 3.63) is 21.4 Å². The predicted octanol–water partition coefficient (Wildman–Crippen LogP) is 2.76. The Morgan fingerprint density at radius 3 is 2.79 bits per heavy atom. The number of hydrogen-bond donors (Lipinski definition) is 2. The zero-order chi connectivity index (χ0) is 14.0. The molecule has 1 aromatic rings. The van der Waals surface area contributed by atoms with Gasteiger partial charge in [-0.3, -0.25) is 4.79 Å². The molecular weight excluding hydrogens is 258 g/mol. The van der Waals surface area contributed by atoms with E-state index in [0.717, 1.165) is 24.1 Å². The van der Waals surface area contributed by atoms with E-state index >= 15 is 0 Å². The van der Waals surface area contributed by atoms with Crippen LogP contribution in [-0.2, 0) is 12.8 Å². The number of hydrogen-bond acceptors (Lipinski definition) is 3. The highest BCUT2D eigenvalue weighted by molar-refractivity contribution is 7.14. The van der Waals surface area contributed by atoms with Crippen LogP contribution in [-0.4, -0.2) is 23.7 Å². The van der Waals surface area contributed by atoms with Crippen molar-refractivity contribution in [1.82, 2.24) is 5.32 Å². The van der Waals surface area contributed by atoms with E-state index in [1.165, 1.54) is 16.9 Å². The van der Waals surface area contributed by atoms with E-state index in [4.69, 9.17) is 0 Å². The summed E-state index contributed by atoms with van der Waals surface area (Å²) in [5.41, 5.74) is 1.43. The van der Waals surface area contributed by atoms with Crippen molar-refractivity contribution in [2.75, 3.05) is 6.61 Å². The fraction of sp³-hybridized carbons (Fsp3) is 0.667. The van der Waals surface area contributed by atoms with Gasteiger partial charge in [0.1, 0.15) is 0 Å². The molecule has 0 aromatic carbocycles. The Labute approximate surface area is 119 Å². The number of thiophene rings is 1. The maximum atomic E-state index is 12.2. The summed E-state index contributed by atoms with van der Waals surface area (Å²) in [6.45, 7) is 6.33. The predicted molar refractivity (Wildman–Crippen MR) is 78.8 cm³/mol. The van der Waals surface area contributed by atoms with Crippen LogP contribution in [0.2, 0.25) is 0 Å². The standard InChI is InChI=1S/C15H23NO2S/c1-15(2,3)8-11(9-17)16-14(18)13-7-10-5-4-6-12(10)19-13/h7,11,17H,4-6,8-9H2,1-3H3,(H,16,18). The molecule has 1 atom stereocenters. The van der Waals surface area contributed by atoms with Crippen LogP contribution in [0, 0.1) is 5.41 Å². The van der Waals surface area contributed by atoms with Crippen molar-refractivity contribution >= 4 is 17.2 Å². The number of carbonyl (C=O) groups is 1. The lowest BCUT2D eigenvalue weighted by atomic mass is 9.88. The Hall–Kier alpha value is -0.870. The van der Waals surface area contributed by atoms with E-state index in [2.05, 4.69) is 26.1 Å². The fourth-order valence-electron chi connectivity index (χ4n) is 2.60. The van der Waals surface area contributed by atoms with E-state index in [0.29, 0.717) is 0 Å². The second-order valence-corrected chi connectivity index (χ2v) is 7.67. The van der Waals surface area contributed by atoms with Crippen LogP contribution in [0.15, 0.2) is 6.07 Å². The number of aliphatic hydroxyl groups excluding tert-OH is 1. The van der Waals surface area contributed by atoms with Gasteiger partial charge in [0.15, 0.2) is 0 Å². The van der Waals surface area contributed by atoms with Crippen LogP contribution in [0.1, 0.15) is 53.7 Å². The Morgan fingerprint density at radius 2 is 2.21 bits per heavy atom. The summed E-state index contributed by atoms with van der Waals surface area (Å²) in [4.78, 5) is 14.3. The maximum Gasteiger partial charge on any atom is 0.261 e. The first-order chi connectivity index (χ1) is 8.89. The molecule has 0 spiro atoms. The smallest absolute Gasteiger partial charge is 0.261 e. The number of aryl methyl sites for hydroxylation is 2. The number of nitrogens with one attached hydrogen (secondary N) is 1. The van der Waals surface area contributed by atoms with E-state index in [1.54, 1.807) is 11.3 Å². The molecule has 1 aliphatic carbocycles. The second kappa shape index (κ2) is 5.63. The van der Waals surface area contributed by atoms with Crippen LogP contribution < -0.4 is 5.32 Å². The minimum Gasteiger partial charge on any atom is -0.394 e. The average Bonchev–Trinajstić information content (AvgIpc) is 2.85. The van der Waals surface area contributed by atoms with Crippen molar-refractivity contribution in [3.63, 3.8) is 0 Å². The van der Waals surface area contributed by atoms with Gasteiger partial charge in [0.25, 0.3) is 5.91 Å². The van der Waals surface area contributed by atoms with Gasteiger partial charge >= 0.3 is 0 Å². The van der Waals surface area contributed by atoms with Crippen LogP contribution in [0.3, 0.4) is 0 Å². The largest absolute Gasteiger partial charge is 0.394 e. The summed E-state index contributed by atoms with van der Waals surface area (Å²) >= 11 is 1.61. The molecule has 1 aliphatic rings. The Kier molecular flexibility index (Phi) is 4.31. The van der Waals surface area contributed by atoms with Crippen molar-refractivity contribution in [2.24, 2.45) is 5.41 Å². The summed E-state index contributed by atoms with van der Waals surface area (Å²) in [6.07, 6.45) is 4.20. The molecule has 0 aliphatic heterocycles. The SMILES string of the molecule is CC(C)(C)CC(CO)NC(=O)c1cc2c(s1)CCC2. The molecule has 3 nitrogen and oxygen atoms in total. The summed E-state index contributed by atoms with van der Waals surface area (Å²) in [7, 11) is 0. The molecule has 0 saturated heterocycles. The van der Waals surface area contributed by atoms with Gasteiger partial charge in [-0.2, -0.15) is 0 Å². The van der Waals surface area contributed by atoms with Crippen molar-refractivity contribution in [1.29, 1.82) is 0 Å². The lowest BCUT2D eigenvalue weighted by molar-refractivity contribution is 0.0901. The number of rotatable bonds is 4. The Balaban J connectivity index is 1.99. The number of fused-ring (bicyclic) bond motifs is 1. The third-order valence-electron chi connectivity index (χ3n) is 3.38. The zero-order valence-corrected chi connectivity index (χ0v) is 12.8. The van der Waals surface area contributed by atoms with Crippen molar-refractivity contribution < 1.29 is 9.90 Å². The third kappa shape index (κ3) is 3.80. The summed E-state index contributed by atoms with van der Waals surface area (Å²) in [6, 6.07) is 1.86. The monoisotopic (exact) mass is 281 g/mol. The fourth-order valence-corrected chi connectivity index (χ4v) is 3.75. The molecule has 0 bridgehead atoms. The zero-order valence-electron chi connectivity index (χ0n) is 12.0. The van der Waals surface area contributed by atoms with E-state index in [9.17, 15) is 9.90 Å². The highest BCUT2D eigenvalue weighted by Gasteiger charge is 2.23. The molecule has 0 fully saturated rings. The first-order valence-corrected chi connectivity index (χ1v) is 7.74. The molecule has 0 saturated carbocycles. The molecule has 0 radical (unpaired) electrons. The maximum absolute atomic E-state index is 12.2. The van der Waals surface area contributed by atoms with Gasteiger partial charge in [-0.25, -0.2) is 0 Å². The van der Waals surface area contributed by atoms with Crippen LogP contribution in [0.25, 0.3) is 0 Å². The summed E-state index contributed by atoms with van der Waals surface area (Å²) in [5, 5.41) is 12.3. The lowest BCUT2D eigenvalue weighted by Crippen LogP contribution is -2.39. The minimum atomic E-state index is -0.163. The van der Waals surface area contributed by atoms with Crippen LogP contribution >= 0.6 is 11.3 Å². The van der Waals surface area contributed by atoms with Gasteiger partial charge < -0.3 is 10.4 Å². The van der Waals surface area contributed by atoms with E-state index in [-0.39, 0.29) is 24.0 Å². The van der Waals surface area contributed by atoms with Crippen LogP contribution in [0.4, 0.5) is 0 Å². The minimum absolute atomic E-state index is 0.00585. The molecule has 1 aromatic heterocycles. The first kappa shape index (κ1) is 14.5. The molecule has 2 rings (SSSR count). The molecule has 2 N–H and O–H groups in total. The molecule has 4 heteroatoms. The van der Waals surface area contributed by atoms with Crippen molar-refractivity contribution in [2.45, 2.75) is 52.5 Å². The van der Waals surface area contributed by atoms with Crippen LogP contribution in [0.5, 0.6) is 0 Å². The van der Waals surface area contributed by atoms with Crippen molar-refractivity contribution in [3.8, 4) is 0 Å². The summed E-state index contributed by atoms with van der Waals surface area (Å²) in [5.74, 6) is -0.0392. The summed E-state index contributed by atoms with van der Waals surface area (Å²) < 4.78 is 0. The van der Waals surface area contributed by atoms with Gasteiger partial charge in [0.05, 0.1) is 17.5 Å². The lowest BCUT2D eigenvalue weighted by Gasteiger charge is -2.25. The van der Waals surface area contributed by atoms with Gasteiger partial charge in [0.2, 0.25) is 0 Å². The molecule has 1 unspecified atom stereocenters. The van der Waals surface area contributed by atoms with Gasteiger partial charge in [-0.1, -0.05) is 20.8 Å². The van der Waals surface area contributed by atoms with E-state index in [1.807, 2.05) is 6.07 Å². The molecule has 1 heterocycles. The number of carbonyl (C=O) groups excluding carboxylic acids is 1. The quantitative estimate of drug-likeness (QED) is 0.891. The van der Waals surface area contributed by atoms with Gasteiger partial charge in [0, 0.05) is 4.88 Å².